The maximum atomic E-state index is 13.6. The van der Waals surface area contributed by atoms with E-state index in [-0.39, 0.29) is 46.3 Å². The molecule has 1 unspecified atom stereocenters. The molecule has 2 fully saturated rings. The van der Waals surface area contributed by atoms with Crippen LogP contribution in [0.25, 0.3) is 0 Å². The number of amides is 1. The van der Waals surface area contributed by atoms with Crippen LogP contribution in [0, 0.1) is 0 Å². The highest BCUT2D eigenvalue weighted by Crippen LogP contribution is 2.47. The van der Waals surface area contributed by atoms with Crippen LogP contribution in [-0.2, 0) is 27.3 Å². The summed E-state index contributed by atoms with van der Waals surface area (Å²) in [6.07, 6.45) is -1.38. The van der Waals surface area contributed by atoms with E-state index in [4.69, 9.17) is 17.7 Å². The summed E-state index contributed by atoms with van der Waals surface area (Å²) in [5.74, 6) is -0.600. The molecule has 2 saturated heterocycles. The van der Waals surface area contributed by atoms with Crippen molar-refractivity contribution in [2.24, 2.45) is 0 Å². The maximum Gasteiger partial charge on any atom is 0.352 e. The molecule has 0 aliphatic carbocycles. The van der Waals surface area contributed by atoms with E-state index in [1.165, 1.54) is 19.2 Å². The minimum atomic E-state index is -2.99. The lowest BCUT2D eigenvalue weighted by Gasteiger charge is -2.50. The van der Waals surface area contributed by atoms with E-state index < -0.39 is 41.2 Å². The van der Waals surface area contributed by atoms with Gasteiger partial charge in [0.05, 0.1) is 6.61 Å². The number of anilines is 1. The Kier molecular flexibility index (Phi) is 8.24. The molecule has 2 aliphatic heterocycles. The molecule has 1 aromatic rings. The van der Waals surface area contributed by atoms with E-state index in [2.05, 4.69) is 65.7 Å². The smallest absolute Gasteiger partial charge is 0.352 e. The zero-order valence-corrected chi connectivity index (χ0v) is 24.2. The highest BCUT2D eigenvalue weighted by molar-refractivity contribution is 6.84. The largest absolute Gasteiger partial charge is 0.414 e. The molecule has 1 aromatic heterocycles. The number of hydrogen-bond acceptors (Lipinski definition) is 8. The molecule has 1 amide bonds. The van der Waals surface area contributed by atoms with Crippen molar-refractivity contribution >= 4 is 34.6 Å². The summed E-state index contributed by atoms with van der Waals surface area (Å²) in [4.78, 5) is 41.5. The van der Waals surface area contributed by atoms with Gasteiger partial charge in [0.2, 0.25) is 17.9 Å². The molecule has 10 nitrogen and oxygen atoms in total. The van der Waals surface area contributed by atoms with Crippen molar-refractivity contribution in [2.75, 3.05) is 11.9 Å². The molecule has 3 heterocycles. The number of fused-ring (bicyclic) bond motifs is 1. The van der Waals surface area contributed by atoms with E-state index in [1.54, 1.807) is 0 Å². The second-order valence-electron chi connectivity index (χ2n) is 10.6. The van der Waals surface area contributed by atoms with Gasteiger partial charge in [-0.15, -0.1) is 0 Å². The van der Waals surface area contributed by atoms with Crippen LogP contribution in [0.15, 0.2) is 17.1 Å². The van der Waals surface area contributed by atoms with Gasteiger partial charge in [0.15, 0.2) is 0 Å². The fourth-order valence-electron chi connectivity index (χ4n) is 5.06. The number of carbonyl (C=O) groups excluding carboxylic acids is 2. The second kappa shape index (κ2) is 10.3. The summed E-state index contributed by atoms with van der Waals surface area (Å²) in [5, 5.41) is 2.47. The predicted molar refractivity (Wildman–Crippen MR) is 136 cm³/mol. The molecule has 1 N–H and O–H groups in total. The predicted octanol–water partition coefficient (Wildman–Crippen LogP) is 3.62. The van der Waals surface area contributed by atoms with E-state index in [1.807, 2.05) is 0 Å². The minimum Gasteiger partial charge on any atom is -0.414 e. The first kappa shape index (κ1) is 27.9. The highest BCUT2D eigenvalue weighted by atomic mass is 28.5. The van der Waals surface area contributed by atoms with Crippen molar-refractivity contribution in [1.29, 1.82) is 0 Å². The van der Waals surface area contributed by atoms with E-state index in [9.17, 15) is 14.4 Å². The van der Waals surface area contributed by atoms with Gasteiger partial charge in [-0.1, -0.05) is 55.4 Å². The fraction of sp³-hybridized carbons (Fsp3) is 0.739. The number of ether oxygens (including phenoxy) is 1. The van der Waals surface area contributed by atoms with Crippen molar-refractivity contribution in [1.82, 2.24) is 9.55 Å². The van der Waals surface area contributed by atoms with Crippen LogP contribution in [0.1, 0.15) is 68.5 Å². The lowest BCUT2D eigenvalue weighted by Crippen LogP contribution is -2.65. The van der Waals surface area contributed by atoms with Crippen molar-refractivity contribution < 1.29 is 27.3 Å². The SMILES string of the molecule is CC(=O)Nc1ccn([C@@H]2OC3CO[Si](C(C)C)(C(C)C)O[Si](C(C)C)(C(C)C)O[C@H]3C2=O)c(=O)n1. The van der Waals surface area contributed by atoms with Gasteiger partial charge in [-0.25, -0.2) is 4.79 Å². The van der Waals surface area contributed by atoms with Gasteiger partial charge >= 0.3 is 22.8 Å². The van der Waals surface area contributed by atoms with Gasteiger partial charge < -0.3 is 23.0 Å². The van der Waals surface area contributed by atoms with Crippen molar-refractivity contribution in [3.8, 4) is 0 Å². The molecule has 35 heavy (non-hydrogen) atoms. The Labute approximate surface area is 209 Å². The van der Waals surface area contributed by atoms with E-state index in [0.29, 0.717) is 0 Å². The molecule has 2 aliphatic rings. The molecule has 0 bridgehead atoms. The highest BCUT2D eigenvalue weighted by Gasteiger charge is 2.61. The first-order chi connectivity index (χ1) is 16.2. The Morgan fingerprint density at radius 2 is 1.60 bits per heavy atom. The molecule has 3 rings (SSSR count). The monoisotopic (exact) mass is 525 g/mol. The number of carbonyl (C=O) groups is 2. The van der Waals surface area contributed by atoms with Crippen LogP contribution in [-0.4, -0.2) is 57.2 Å². The summed E-state index contributed by atoms with van der Waals surface area (Å²) in [6, 6.07) is 1.46. The van der Waals surface area contributed by atoms with E-state index in [0.717, 1.165) is 4.57 Å². The van der Waals surface area contributed by atoms with Gasteiger partial charge in [0.1, 0.15) is 18.0 Å². The summed E-state index contributed by atoms with van der Waals surface area (Å²) in [6.45, 7) is 18.3. The summed E-state index contributed by atoms with van der Waals surface area (Å²) >= 11 is 0. The lowest BCUT2D eigenvalue weighted by atomic mass is 10.1. The van der Waals surface area contributed by atoms with Gasteiger partial charge in [-0.05, 0) is 28.2 Å². The molecule has 0 saturated carbocycles. The van der Waals surface area contributed by atoms with Crippen molar-refractivity contribution in [3.05, 3.63) is 22.7 Å². The van der Waals surface area contributed by atoms with Crippen LogP contribution in [0.5, 0.6) is 0 Å². The normalized spacial score (nSPS) is 26.2. The quantitative estimate of drug-likeness (QED) is 0.560. The zero-order valence-electron chi connectivity index (χ0n) is 22.2. The van der Waals surface area contributed by atoms with Gasteiger partial charge in [-0.2, -0.15) is 4.98 Å². The summed E-state index contributed by atoms with van der Waals surface area (Å²) in [5.41, 5.74) is -0.267. The molecule has 196 valence electrons. The summed E-state index contributed by atoms with van der Waals surface area (Å²) in [7, 11) is -5.77. The number of rotatable bonds is 6. The molecule has 0 spiro atoms. The lowest BCUT2D eigenvalue weighted by molar-refractivity contribution is -0.130. The van der Waals surface area contributed by atoms with Gasteiger partial charge in [-0.3, -0.25) is 14.2 Å². The molecule has 0 aromatic carbocycles. The van der Waals surface area contributed by atoms with Gasteiger partial charge in [0, 0.05) is 13.1 Å². The van der Waals surface area contributed by atoms with Crippen molar-refractivity contribution in [3.63, 3.8) is 0 Å². The maximum absolute atomic E-state index is 13.6. The first-order valence-electron chi connectivity index (χ1n) is 12.3. The molecule has 3 atom stereocenters. The third kappa shape index (κ3) is 5.09. The third-order valence-corrected chi connectivity index (χ3v) is 17.1. The third-order valence-electron chi connectivity index (χ3n) is 6.87. The zero-order chi connectivity index (χ0) is 26.3. The average Bonchev–Trinajstić information content (AvgIpc) is 3.01. The second-order valence-corrected chi connectivity index (χ2v) is 19.5. The minimum absolute atomic E-state index is 0.0578. The number of aromatic nitrogens is 2. The molecule has 12 heteroatoms. The Morgan fingerprint density at radius 3 is 2.09 bits per heavy atom. The van der Waals surface area contributed by atoms with Gasteiger partial charge in [0.25, 0.3) is 0 Å². The van der Waals surface area contributed by atoms with Crippen LogP contribution in [0.2, 0.25) is 22.2 Å². The fourth-order valence-corrected chi connectivity index (χ4v) is 16.2. The number of nitrogens with one attached hydrogen (secondary N) is 1. The van der Waals surface area contributed by atoms with Crippen LogP contribution < -0.4 is 11.0 Å². The van der Waals surface area contributed by atoms with Crippen LogP contribution in [0.4, 0.5) is 5.82 Å². The van der Waals surface area contributed by atoms with Crippen LogP contribution >= 0.6 is 0 Å². The Balaban J connectivity index is 2.04. The molecule has 0 radical (unpaired) electrons. The standard InChI is InChI=1S/C23H39N3O7Si2/c1-13(2)34(14(3)4)30-12-18-21(32-35(33-34,15(5)6)16(7)8)20(28)22(31-18)26-11-10-19(24-17(9)27)25-23(26)29/h10-11,13-16,18,21-22H,12H2,1-9H3,(H,24,25,27,29)/t18?,21-,22-/m1/s1. The number of ketones is 1. The molecular formula is C23H39N3O7Si2. The van der Waals surface area contributed by atoms with Crippen LogP contribution in [0.3, 0.4) is 0 Å². The topological polar surface area (TPSA) is 118 Å². The average molecular weight is 526 g/mol. The molecular weight excluding hydrogens is 486 g/mol. The van der Waals surface area contributed by atoms with Crippen molar-refractivity contribution in [2.45, 2.75) is 103 Å². The first-order valence-corrected chi connectivity index (χ1v) is 16.3. The number of Topliss-reactive ketones (excluding diaryl/α,β-unsaturated/α-hetero) is 1. The Morgan fingerprint density at radius 1 is 1.03 bits per heavy atom. The Bertz CT molecular complexity index is 995. The number of hydrogen-bond donors (Lipinski definition) is 1. The number of nitrogens with zero attached hydrogens (tertiary/aromatic N) is 2. The van der Waals surface area contributed by atoms with E-state index >= 15 is 0 Å². The summed E-state index contributed by atoms with van der Waals surface area (Å²) < 4.78 is 27.8. The Hall–Kier alpha value is -1.71.